The molecular formula is C8H12N2O5S2. The van der Waals surface area contributed by atoms with Crippen LogP contribution in [0, 0.1) is 6.92 Å². The van der Waals surface area contributed by atoms with Crippen molar-refractivity contribution >= 4 is 27.3 Å². The van der Waals surface area contributed by atoms with Crippen LogP contribution in [0.25, 0.3) is 0 Å². The van der Waals surface area contributed by atoms with Crippen molar-refractivity contribution in [2.75, 3.05) is 13.1 Å². The Morgan fingerprint density at radius 1 is 1.53 bits per heavy atom. The number of nitrogens with zero attached hydrogens (tertiary/aromatic N) is 1. The van der Waals surface area contributed by atoms with E-state index in [2.05, 4.69) is 4.98 Å². The van der Waals surface area contributed by atoms with Crippen molar-refractivity contribution in [3.8, 4) is 0 Å². The summed E-state index contributed by atoms with van der Waals surface area (Å²) < 4.78 is 24.8. The number of carboxylic acids is 1. The number of carboxylic acid groups (broad SMARTS) is 1. The van der Waals surface area contributed by atoms with Gasteiger partial charge in [0.1, 0.15) is 6.54 Å². The standard InChI is InChI=1S/C8H12N2O5S2/c1-3-10(4-6(11)12)17(14,15)7-5(2)9-8(13)16-7/h3-4H2,1-2H3,(H,9,13)(H,11,12). The van der Waals surface area contributed by atoms with Crippen LogP contribution in [-0.4, -0.2) is 41.9 Å². The van der Waals surface area contributed by atoms with Gasteiger partial charge in [0.15, 0.2) is 4.21 Å². The predicted octanol–water partition coefficient (Wildman–Crippen LogP) is -0.160. The number of aryl methyl sites for hydroxylation is 1. The van der Waals surface area contributed by atoms with Gasteiger partial charge in [-0.25, -0.2) is 8.42 Å². The SMILES string of the molecule is CCN(CC(=O)O)S(=O)(=O)c1sc(=O)[nH]c1C. The minimum atomic E-state index is -3.92. The molecule has 0 spiro atoms. The Labute approximate surface area is 102 Å². The van der Waals surface area contributed by atoms with Crippen LogP contribution in [0.4, 0.5) is 0 Å². The molecular weight excluding hydrogens is 268 g/mol. The Kier molecular flexibility index (Phi) is 4.07. The molecule has 1 aromatic rings. The van der Waals surface area contributed by atoms with Gasteiger partial charge in [0.2, 0.25) is 0 Å². The van der Waals surface area contributed by atoms with Crippen LogP contribution < -0.4 is 4.87 Å². The van der Waals surface area contributed by atoms with Gasteiger partial charge in [-0.1, -0.05) is 18.3 Å². The van der Waals surface area contributed by atoms with E-state index in [9.17, 15) is 18.0 Å². The molecule has 96 valence electrons. The Bertz CT molecular complexity index is 571. The van der Waals surface area contributed by atoms with Crippen molar-refractivity contribution in [2.24, 2.45) is 0 Å². The zero-order valence-electron chi connectivity index (χ0n) is 9.26. The van der Waals surface area contributed by atoms with Gasteiger partial charge in [-0.05, 0) is 6.92 Å². The fourth-order valence-corrected chi connectivity index (χ4v) is 4.11. The third-order valence-electron chi connectivity index (χ3n) is 2.02. The molecule has 0 radical (unpaired) electrons. The average molecular weight is 280 g/mol. The second-order valence-corrected chi connectivity index (χ2v) is 6.37. The summed E-state index contributed by atoms with van der Waals surface area (Å²) in [7, 11) is -3.92. The fraction of sp³-hybridized carbons (Fsp3) is 0.500. The second-order valence-electron chi connectivity index (χ2n) is 3.25. The molecule has 1 aromatic heterocycles. The lowest BCUT2D eigenvalue weighted by Gasteiger charge is -2.17. The molecule has 0 saturated heterocycles. The van der Waals surface area contributed by atoms with Crippen LogP contribution in [0.15, 0.2) is 9.00 Å². The van der Waals surface area contributed by atoms with Crippen molar-refractivity contribution < 1.29 is 18.3 Å². The maximum Gasteiger partial charge on any atom is 0.318 e. The average Bonchev–Trinajstić information content (AvgIpc) is 2.54. The molecule has 17 heavy (non-hydrogen) atoms. The Hall–Kier alpha value is -1.19. The molecule has 7 nitrogen and oxygen atoms in total. The van der Waals surface area contributed by atoms with Crippen LogP contribution in [0.1, 0.15) is 12.6 Å². The number of thiazole rings is 1. The Balaban J connectivity index is 3.22. The van der Waals surface area contributed by atoms with Crippen molar-refractivity contribution in [2.45, 2.75) is 18.1 Å². The smallest absolute Gasteiger partial charge is 0.318 e. The van der Waals surface area contributed by atoms with E-state index in [-0.39, 0.29) is 16.4 Å². The van der Waals surface area contributed by atoms with E-state index in [1.165, 1.54) is 13.8 Å². The lowest BCUT2D eigenvalue weighted by Crippen LogP contribution is -2.35. The number of carbonyl (C=O) groups is 1. The molecule has 0 aromatic carbocycles. The summed E-state index contributed by atoms with van der Waals surface area (Å²) in [4.78, 5) is 23.5. The number of rotatable bonds is 5. The van der Waals surface area contributed by atoms with Gasteiger partial charge in [-0.2, -0.15) is 4.31 Å². The molecule has 0 aliphatic heterocycles. The molecule has 0 amide bonds. The third kappa shape index (κ3) is 2.93. The van der Waals surface area contributed by atoms with Gasteiger partial charge in [0, 0.05) is 12.2 Å². The van der Waals surface area contributed by atoms with Gasteiger partial charge in [0.05, 0.1) is 0 Å². The molecule has 0 atom stereocenters. The second kappa shape index (κ2) is 4.98. The summed E-state index contributed by atoms with van der Waals surface area (Å²) in [6.07, 6.45) is 0. The molecule has 0 aliphatic rings. The highest BCUT2D eigenvalue weighted by molar-refractivity contribution is 7.91. The van der Waals surface area contributed by atoms with Crippen molar-refractivity contribution in [3.63, 3.8) is 0 Å². The molecule has 0 aliphatic carbocycles. The third-order valence-corrected chi connectivity index (χ3v) is 5.52. The van der Waals surface area contributed by atoms with Crippen molar-refractivity contribution in [3.05, 3.63) is 15.4 Å². The molecule has 0 bridgehead atoms. The molecule has 0 unspecified atom stereocenters. The highest BCUT2D eigenvalue weighted by atomic mass is 32.2. The van der Waals surface area contributed by atoms with E-state index < -0.39 is 27.4 Å². The number of hydrogen-bond acceptors (Lipinski definition) is 5. The van der Waals surface area contributed by atoms with Gasteiger partial charge in [0.25, 0.3) is 10.0 Å². The van der Waals surface area contributed by atoms with E-state index in [0.717, 1.165) is 4.31 Å². The zero-order chi connectivity index (χ0) is 13.2. The van der Waals surface area contributed by atoms with Crippen LogP contribution in [0.5, 0.6) is 0 Å². The first-order chi connectivity index (χ1) is 7.78. The van der Waals surface area contributed by atoms with Crippen LogP contribution in [0.2, 0.25) is 0 Å². The van der Waals surface area contributed by atoms with Crippen molar-refractivity contribution in [1.82, 2.24) is 9.29 Å². The van der Waals surface area contributed by atoms with E-state index in [1.54, 1.807) is 0 Å². The normalized spacial score (nSPS) is 11.9. The quantitative estimate of drug-likeness (QED) is 0.779. The summed E-state index contributed by atoms with van der Waals surface area (Å²) in [5.74, 6) is -1.24. The van der Waals surface area contributed by atoms with E-state index >= 15 is 0 Å². The first-order valence-corrected chi connectivity index (χ1v) is 6.96. The highest BCUT2D eigenvalue weighted by Crippen LogP contribution is 2.20. The van der Waals surface area contributed by atoms with E-state index in [4.69, 9.17) is 5.11 Å². The zero-order valence-corrected chi connectivity index (χ0v) is 10.9. The predicted molar refractivity (Wildman–Crippen MR) is 61.7 cm³/mol. The fourth-order valence-electron chi connectivity index (χ4n) is 1.27. The monoisotopic (exact) mass is 280 g/mol. The number of likely N-dealkylation sites (N-methyl/N-ethyl adjacent to an activating group) is 1. The maximum atomic E-state index is 12.0. The number of nitrogens with one attached hydrogen (secondary N) is 1. The number of aromatic amines is 1. The van der Waals surface area contributed by atoms with Gasteiger partial charge in [-0.3, -0.25) is 9.59 Å². The number of H-pyrrole nitrogens is 1. The molecule has 1 rings (SSSR count). The lowest BCUT2D eigenvalue weighted by atomic mass is 10.6. The van der Waals surface area contributed by atoms with Crippen molar-refractivity contribution in [1.29, 1.82) is 0 Å². The van der Waals surface area contributed by atoms with Gasteiger partial charge in [-0.15, -0.1) is 0 Å². The first-order valence-electron chi connectivity index (χ1n) is 4.70. The lowest BCUT2D eigenvalue weighted by molar-refractivity contribution is -0.137. The molecule has 9 heteroatoms. The topological polar surface area (TPSA) is 108 Å². The summed E-state index contributed by atoms with van der Waals surface area (Å²) in [6, 6.07) is 0. The van der Waals surface area contributed by atoms with Crippen LogP contribution >= 0.6 is 11.3 Å². The highest BCUT2D eigenvalue weighted by Gasteiger charge is 2.28. The summed E-state index contributed by atoms with van der Waals surface area (Å²) in [5.41, 5.74) is 0.226. The molecule has 2 N–H and O–H groups in total. The number of aromatic nitrogens is 1. The number of hydrogen-bond donors (Lipinski definition) is 2. The summed E-state index contributed by atoms with van der Waals surface area (Å²) in [6.45, 7) is 2.40. The van der Waals surface area contributed by atoms with E-state index in [0.29, 0.717) is 11.3 Å². The summed E-state index contributed by atoms with van der Waals surface area (Å²) in [5, 5.41) is 8.63. The minimum absolute atomic E-state index is 0.0279. The largest absolute Gasteiger partial charge is 0.480 e. The van der Waals surface area contributed by atoms with Gasteiger partial charge < -0.3 is 10.1 Å². The number of aliphatic carboxylic acids is 1. The maximum absolute atomic E-state index is 12.0. The summed E-state index contributed by atoms with van der Waals surface area (Å²) >= 11 is 0.558. The first kappa shape index (κ1) is 13.9. The molecule has 0 saturated carbocycles. The van der Waals surface area contributed by atoms with E-state index in [1.807, 2.05) is 0 Å². The Morgan fingerprint density at radius 3 is 2.47 bits per heavy atom. The number of sulfonamides is 1. The van der Waals surface area contributed by atoms with Gasteiger partial charge >= 0.3 is 10.8 Å². The van der Waals surface area contributed by atoms with Crippen LogP contribution in [0.3, 0.4) is 0 Å². The molecule has 1 heterocycles. The minimum Gasteiger partial charge on any atom is -0.480 e. The Morgan fingerprint density at radius 2 is 2.12 bits per heavy atom. The van der Waals surface area contributed by atoms with Crippen LogP contribution in [-0.2, 0) is 14.8 Å². The molecule has 0 fully saturated rings.